The molecule has 0 atom stereocenters. The minimum absolute atomic E-state index is 0.125. The fourth-order valence-electron chi connectivity index (χ4n) is 2.29. The minimum atomic E-state index is -0.336. The van der Waals surface area contributed by atoms with Gasteiger partial charge in [-0.05, 0) is 37.0 Å². The van der Waals surface area contributed by atoms with Gasteiger partial charge in [0.05, 0.1) is 10.0 Å². The van der Waals surface area contributed by atoms with E-state index >= 15 is 0 Å². The summed E-state index contributed by atoms with van der Waals surface area (Å²) < 4.78 is 0. The van der Waals surface area contributed by atoms with Crippen molar-refractivity contribution in [1.29, 1.82) is 0 Å². The van der Waals surface area contributed by atoms with Crippen molar-refractivity contribution in [3.63, 3.8) is 0 Å². The van der Waals surface area contributed by atoms with Crippen molar-refractivity contribution >= 4 is 40.7 Å². The van der Waals surface area contributed by atoms with Crippen LogP contribution < -0.4 is 5.32 Å². The van der Waals surface area contributed by atoms with Crippen LogP contribution in [0.4, 0.5) is 5.69 Å². The van der Waals surface area contributed by atoms with Crippen molar-refractivity contribution in [3.05, 3.63) is 28.2 Å². The van der Waals surface area contributed by atoms with Crippen molar-refractivity contribution in [2.45, 2.75) is 26.2 Å². The highest BCUT2D eigenvalue weighted by molar-refractivity contribution is 6.42. The third-order valence-corrected chi connectivity index (χ3v) is 4.39. The number of piperidine rings is 1. The first-order valence-electron chi connectivity index (χ1n) is 6.98. The standard InChI is InChI=1S/C15H18Cl2N2O2/c1-10-4-6-19(7-5-10)15(21)9-14(20)18-11-2-3-12(16)13(17)8-11/h2-3,8,10H,4-7,9H2,1H3,(H,18,20). The molecule has 1 aromatic carbocycles. The zero-order valence-corrected chi connectivity index (χ0v) is 13.4. The number of carbonyl (C=O) groups excluding carboxylic acids is 2. The third-order valence-electron chi connectivity index (χ3n) is 3.65. The van der Waals surface area contributed by atoms with Gasteiger partial charge in [-0.25, -0.2) is 0 Å². The van der Waals surface area contributed by atoms with Gasteiger partial charge in [0.15, 0.2) is 0 Å². The molecule has 1 saturated heterocycles. The largest absolute Gasteiger partial charge is 0.342 e. The fraction of sp³-hybridized carbons (Fsp3) is 0.467. The molecule has 6 heteroatoms. The molecule has 0 aromatic heterocycles. The molecule has 1 aromatic rings. The summed E-state index contributed by atoms with van der Waals surface area (Å²) in [6.07, 6.45) is 1.86. The zero-order chi connectivity index (χ0) is 15.4. The molecule has 114 valence electrons. The Morgan fingerprint density at radius 3 is 2.52 bits per heavy atom. The number of anilines is 1. The normalized spacial score (nSPS) is 15.9. The average Bonchev–Trinajstić information content (AvgIpc) is 2.43. The molecule has 0 saturated carbocycles. The Morgan fingerprint density at radius 2 is 1.90 bits per heavy atom. The van der Waals surface area contributed by atoms with Crippen LogP contribution in [-0.2, 0) is 9.59 Å². The van der Waals surface area contributed by atoms with E-state index in [0.29, 0.717) is 21.7 Å². The van der Waals surface area contributed by atoms with Crippen LogP contribution in [0.2, 0.25) is 10.0 Å². The summed E-state index contributed by atoms with van der Waals surface area (Å²) in [5.74, 6) is 0.190. The summed E-state index contributed by atoms with van der Waals surface area (Å²) in [6, 6.07) is 4.82. The van der Waals surface area contributed by atoms with E-state index in [1.165, 1.54) is 0 Å². The molecule has 1 heterocycles. The van der Waals surface area contributed by atoms with Gasteiger partial charge in [-0.2, -0.15) is 0 Å². The van der Waals surface area contributed by atoms with Gasteiger partial charge in [0.1, 0.15) is 6.42 Å². The van der Waals surface area contributed by atoms with Crippen LogP contribution in [-0.4, -0.2) is 29.8 Å². The topological polar surface area (TPSA) is 49.4 Å². The maximum absolute atomic E-state index is 12.0. The summed E-state index contributed by atoms with van der Waals surface area (Å²) in [4.78, 5) is 25.7. The van der Waals surface area contributed by atoms with Crippen LogP contribution in [0.3, 0.4) is 0 Å². The number of likely N-dealkylation sites (tertiary alicyclic amines) is 1. The van der Waals surface area contributed by atoms with Crippen LogP contribution in [0, 0.1) is 5.92 Å². The molecule has 0 aliphatic carbocycles. The van der Waals surface area contributed by atoms with E-state index in [-0.39, 0.29) is 18.2 Å². The highest BCUT2D eigenvalue weighted by Crippen LogP contribution is 2.25. The first-order chi connectivity index (χ1) is 9.95. The van der Waals surface area contributed by atoms with Gasteiger partial charge >= 0.3 is 0 Å². The first kappa shape index (κ1) is 16.1. The molecule has 0 spiro atoms. The molecule has 21 heavy (non-hydrogen) atoms. The Morgan fingerprint density at radius 1 is 1.24 bits per heavy atom. The van der Waals surface area contributed by atoms with E-state index in [1.54, 1.807) is 23.1 Å². The summed E-state index contributed by atoms with van der Waals surface area (Å²) >= 11 is 11.7. The summed E-state index contributed by atoms with van der Waals surface area (Å²) in [5.41, 5.74) is 0.537. The number of nitrogens with zero attached hydrogens (tertiary/aromatic N) is 1. The monoisotopic (exact) mass is 328 g/mol. The summed E-state index contributed by atoms with van der Waals surface area (Å²) in [5, 5.41) is 3.45. The quantitative estimate of drug-likeness (QED) is 0.862. The molecule has 0 unspecified atom stereocenters. The number of hydrogen-bond donors (Lipinski definition) is 1. The van der Waals surface area contributed by atoms with E-state index in [1.807, 2.05) is 0 Å². The second kappa shape index (κ2) is 7.14. The SMILES string of the molecule is CC1CCN(C(=O)CC(=O)Nc2ccc(Cl)c(Cl)c2)CC1. The van der Waals surface area contributed by atoms with Gasteiger partial charge < -0.3 is 10.2 Å². The Bertz CT molecular complexity index is 540. The predicted octanol–water partition coefficient (Wildman–Crippen LogP) is 3.58. The minimum Gasteiger partial charge on any atom is -0.342 e. The van der Waals surface area contributed by atoms with Crippen molar-refractivity contribution in [3.8, 4) is 0 Å². The zero-order valence-electron chi connectivity index (χ0n) is 11.9. The predicted molar refractivity (Wildman–Crippen MR) is 84.7 cm³/mol. The number of rotatable bonds is 3. The van der Waals surface area contributed by atoms with Crippen molar-refractivity contribution in [2.24, 2.45) is 5.92 Å². The number of carbonyl (C=O) groups is 2. The van der Waals surface area contributed by atoms with Crippen LogP contribution in [0.25, 0.3) is 0 Å². The summed E-state index contributed by atoms with van der Waals surface area (Å²) in [6.45, 7) is 3.65. The van der Waals surface area contributed by atoms with E-state index in [9.17, 15) is 9.59 Å². The van der Waals surface area contributed by atoms with Gasteiger partial charge in [0.2, 0.25) is 11.8 Å². The summed E-state index contributed by atoms with van der Waals surface area (Å²) in [7, 11) is 0. The molecule has 0 bridgehead atoms. The third kappa shape index (κ3) is 4.61. The first-order valence-corrected chi connectivity index (χ1v) is 7.74. The highest BCUT2D eigenvalue weighted by Gasteiger charge is 2.22. The Hall–Kier alpha value is -1.26. The van der Waals surface area contributed by atoms with Crippen LogP contribution >= 0.6 is 23.2 Å². The maximum atomic E-state index is 12.0. The smallest absolute Gasteiger partial charge is 0.233 e. The van der Waals surface area contributed by atoms with E-state index in [0.717, 1.165) is 25.9 Å². The van der Waals surface area contributed by atoms with Crippen molar-refractivity contribution in [2.75, 3.05) is 18.4 Å². The average molecular weight is 329 g/mol. The Kier molecular flexibility index (Phi) is 5.48. The van der Waals surface area contributed by atoms with Crippen molar-refractivity contribution < 1.29 is 9.59 Å². The molecule has 2 amide bonds. The Balaban J connectivity index is 1.86. The van der Waals surface area contributed by atoms with Crippen molar-refractivity contribution in [1.82, 2.24) is 4.90 Å². The van der Waals surface area contributed by atoms with Gasteiger partial charge in [0.25, 0.3) is 0 Å². The lowest BCUT2D eigenvalue weighted by Crippen LogP contribution is -2.39. The number of amides is 2. The molecule has 1 aliphatic heterocycles. The van der Waals surface area contributed by atoms with E-state index < -0.39 is 0 Å². The highest BCUT2D eigenvalue weighted by atomic mass is 35.5. The molecular formula is C15H18Cl2N2O2. The van der Waals surface area contributed by atoms with Gasteiger partial charge in [0, 0.05) is 18.8 Å². The van der Waals surface area contributed by atoms with Gasteiger partial charge in [-0.3, -0.25) is 9.59 Å². The van der Waals surface area contributed by atoms with Crippen LogP contribution in [0.5, 0.6) is 0 Å². The molecule has 0 radical (unpaired) electrons. The maximum Gasteiger partial charge on any atom is 0.233 e. The molecule has 1 fully saturated rings. The van der Waals surface area contributed by atoms with E-state index in [4.69, 9.17) is 23.2 Å². The molecule has 1 N–H and O–H groups in total. The Labute approximate surface area is 134 Å². The molecule has 1 aliphatic rings. The molecular weight excluding hydrogens is 311 g/mol. The van der Waals surface area contributed by atoms with E-state index in [2.05, 4.69) is 12.2 Å². The fourth-order valence-corrected chi connectivity index (χ4v) is 2.58. The van der Waals surface area contributed by atoms with Gasteiger partial charge in [-0.15, -0.1) is 0 Å². The number of benzene rings is 1. The number of nitrogens with one attached hydrogen (secondary N) is 1. The second-order valence-electron chi connectivity index (χ2n) is 5.42. The lowest BCUT2D eigenvalue weighted by Gasteiger charge is -2.30. The molecule has 4 nitrogen and oxygen atoms in total. The lowest BCUT2D eigenvalue weighted by molar-refractivity contribution is -0.135. The van der Waals surface area contributed by atoms with Crippen LogP contribution in [0.1, 0.15) is 26.2 Å². The van der Waals surface area contributed by atoms with Crippen LogP contribution in [0.15, 0.2) is 18.2 Å². The van der Waals surface area contributed by atoms with Gasteiger partial charge in [-0.1, -0.05) is 30.1 Å². The lowest BCUT2D eigenvalue weighted by atomic mass is 9.99. The second-order valence-corrected chi connectivity index (χ2v) is 6.23. The molecule has 2 rings (SSSR count). The number of halogens is 2. The number of hydrogen-bond acceptors (Lipinski definition) is 2.